The molecular formula is C7H12N4O. The van der Waals surface area contributed by atoms with E-state index >= 15 is 0 Å². The van der Waals surface area contributed by atoms with Crippen LogP contribution in [0.4, 0.5) is 0 Å². The lowest BCUT2D eigenvalue weighted by molar-refractivity contribution is 0.221. The van der Waals surface area contributed by atoms with Gasteiger partial charge in [-0.15, -0.1) is 0 Å². The van der Waals surface area contributed by atoms with Crippen LogP contribution in [0.3, 0.4) is 0 Å². The van der Waals surface area contributed by atoms with E-state index in [2.05, 4.69) is 10.1 Å². The van der Waals surface area contributed by atoms with Gasteiger partial charge in [0.25, 0.3) is 0 Å². The highest BCUT2D eigenvalue weighted by Crippen LogP contribution is 2.16. The van der Waals surface area contributed by atoms with E-state index in [-0.39, 0.29) is 6.04 Å². The summed E-state index contributed by atoms with van der Waals surface area (Å²) in [5.74, 6) is 0.659. The van der Waals surface area contributed by atoms with E-state index in [1.54, 1.807) is 4.68 Å². The molecule has 1 atom stereocenters. The highest BCUT2D eigenvalue weighted by atomic mass is 16.5. The highest BCUT2D eigenvalue weighted by Gasteiger charge is 2.16. The molecule has 0 radical (unpaired) electrons. The van der Waals surface area contributed by atoms with Gasteiger partial charge < -0.3 is 10.5 Å². The van der Waals surface area contributed by atoms with Crippen molar-refractivity contribution in [2.45, 2.75) is 25.9 Å². The average molecular weight is 168 g/mol. The van der Waals surface area contributed by atoms with Crippen LogP contribution < -0.4 is 10.5 Å². The monoisotopic (exact) mass is 168 g/mol. The summed E-state index contributed by atoms with van der Waals surface area (Å²) in [7, 11) is 0. The van der Waals surface area contributed by atoms with Gasteiger partial charge in [-0.1, -0.05) is 0 Å². The minimum absolute atomic E-state index is 0.119. The molecule has 1 aromatic rings. The predicted octanol–water partition coefficient (Wildman–Crippen LogP) is 0.0803. The number of hydrogen-bond donors (Lipinski definition) is 1. The molecule has 5 heteroatoms. The lowest BCUT2D eigenvalue weighted by atomic mass is 10.3. The predicted molar refractivity (Wildman–Crippen MR) is 42.7 cm³/mol. The van der Waals surface area contributed by atoms with E-state index in [1.165, 1.54) is 0 Å². The molecule has 0 aliphatic carbocycles. The molecule has 1 aliphatic heterocycles. The van der Waals surface area contributed by atoms with E-state index in [1.807, 2.05) is 6.92 Å². The fraction of sp³-hybridized carbons (Fsp3) is 0.714. The summed E-state index contributed by atoms with van der Waals surface area (Å²) in [4.78, 5) is 4.15. The third kappa shape index (κ3) is 1.16. The first-order valence-electron chi connectivity index (χ1n) is 4.10. The van der Waals surface area contributed by atoms with Crippen molar-refractivity contribution >= 4 is 0 Å². The summed E-state index contributed by atoms with van der Waals surface area (Å²) in [5, 5.41) is 4.21. The van der Waals surface area contributed by atoms with E-state index < -0.39 is 0 Å². The number of aromatic nitrogens is 3. The van der Waals surface area contributed by atoms with Gasteiger partial charge >= 0.3 is 6.01 Å². The molecule has 12 heavy (non-hydrogen) atoms. The Bertz CT molecular complexity index is 257. The first-order chi connectivity index (χ1) is 5.77. The van der Waals surface area contributed by atoms with Crippen molar-refractivity contribution in [3.63, 3.8) is 0 Å². The van der Waals surface area contributed by atoms with Gasteiger partial charge in [-0.25, -0.2) is 4.68 Å². The van der Waals surface area contributed by atoms with Crippen LogP contribution in [0, 0.1) is 0 Å². The molecule has 1 aliphatic rings. The second-order valence-corrected chi connectivity index (χ2v) is 2.97. The standard InChI is InChI=1S/C7H12N4O/c1-5(8)6-9-7-11(10-6)3-2-4-12-7/h5H,2-4,8H2,1H3. The molecule has 0 aromatic carbocycles. The summed E-state index contributed by atoms with van der Waals surface area (Å²) in [6, 6.07) is 0.486. The number of nitrogens with zero attached hydrogens (tertiary/aromatic N) is 3. The largest absolute Gasteiger partial charge is 0.464 e. The average Bonchev–Trinajstić information content (AvgIpc) is 2.46. The Morgan fingerprint density at radius 3 is 3.17 bits per heavy atom. The van der Waals surface area contributed by atoms with Gasteiger partial charge in [-0.05, 0) is 6.92 Å². The van der Waals surface area contributed by atoms with Gasteiger partial charge in [0.15, 0.2) is 5.82 Å². The fourth-order valence-electron chi connectivity index (χ4n) is 1.17. The summed E-state index contributed by atoms with van der Waals surface area (Å²) < 4.78 is 7.05. The maximum Gasteiger partial charge on any atom is 0.315 e. The minimum atomic E-state index is -0.119. The molecule has 1 aromatic heterocycles. The maximum absolute atomic E-state index is 5.63. The Balaban J connectivity index is 2.32. The summed E-state index contributed by atoms with van der Waals surface area (Å²) in [5.41, 5.74) is 5.63. The van der Waals surface area contributed by atoms with Crippen molar-refractivity contribution < 1.29 is 4.74 Å². The van der Waals surface area contributed by atoms with Crippen molar-refractivity contribution in [3.05, 3.63) is 5.82 Å². The molecule has 0 bridgehead atoms. The summed E-state index contributed by atoms with van der Waals surface area (Å²) >= 11 is 0. The molecule has 1 unspecified atom stereocenters. The molecule has 2 N–H and O–H groups in total. The molecule has 0 amide bonds. The van der Waals surface area contributed by atoms with Gasteiger partial charge in [-0.3, -0.25) is 0 Å². The Morgan fingerprint density at radius 2 is 2.50 bits per heavy atom. The first kappa shape index (κ1) is 7.54. The molecule has 2 rings (SSSR count). The van der Waals surface area contributed by atoms with Crippen LogP contribution in [-0.2, 0) is 6.54 Å². The Hall–Kier alpha value is -1.10. The molecule has 2 heterocycles. The van der Waals surface area contributed by atoms with Crippen LogP contribution in [0.2, 0.25) is 0 Å². The SMILES string of the molecule is CC(N)c1nc2n(n1)CCCO2. The number of hydrogen-bond acceptors (Lipinski definition) is 4. The number of aryl methyl sites for hydroxylation is 1. The van der Waals surface area contributed by atoms with Gasteiger partial charge in [0.2, 0.25) is 0 Å². The zero-order chi connectivity index (χ0) is 8.55. The zero-order valence-corrected chi connectivity index (χ0v) is 7.03. The third-order valence-corrected chi connectivity index (χ3v) is 1.81. The van der Waals surface area contributed by atoms with Crippen molar-refractivity contribution in [1.82, 2.24) is 14.8 Å². The topological polar surface area (TPSA) is 66.0 Å². The molecule has 5 nitrogen and oxygen atoms in total. The second kappa shape index (κ2) is 2.75. The van der Waals surface area contributed by atoms with E-state index in [0.717, 1.165) is 19.6 Å². The number of ether oxygens (including phenoxy) is 1. The van der Waals surface area contributed by atoms with E-state index in [4.69, 9.17) is 10.5 Å². The molecule has 0 saturated heterocycles. The van der Waals surface area contributed by atoms with Crippen LogP contribution in [0.15, 0.2) is 0 Å². The van der Waals surface area contributed by atoms with Crippen LogP contribution >= 0.6 is 0 Å². The number of nitrogens with two attached hydrogens (primary N) is 1. The Morgan fingerprint density at radius 1 is 1.67 bits per heavy atom. The lowest BCUT2D eigenvalue weighted by Gasteiger charge is -2.11. The first-order valence-corrected chi connectivity index (χ1v) is 4.10. The van der Waals surface area contributed by atoms with Crippen molar-refractivity contribution in [2.75, 3.05) is 6.61 Å². The highest BCUT2D eigenvalue weighted by molar-refractivity contribution is 5.02. The quantitative estimate of drug-likeness (QED) is 0.645. The summed E-state index contributed by atoms with van der Waals surface area (Å²) in [6.07, 6.45) is 0.995. The zero-order valence-electron chi connectivity index (χ0n) is 7.03. The van der Waals surface area contributed by atoms with E-state index in [9.17, 15) is 0 Å². The molecule has 0 fully saturated rings. The van der Waals surface area contributed by atoms with Crippen molar-refractivity contribution in [2.24, 2.45) is 5.73 Å². The molecule has 0 saturated carbocycles. The van der Waals surface area contributed by atoms with Crippen LogP contribution in [0.25, 0.3) is 0 Å². The van der Waals surface area contributed by atoms with Gasteiger partial charge in [0.1, 0.15) is 0 Å². The van der Waals surface area contributed by atoms with Crippen molar-refractivity contribution in [3.8, 4) is 6.01 Å². The molecule has 0 spiro atoms. The lowest BCUT2D eigenvalue weighted by Crippen LogP contribution is -2.15. The van der Waals surface area contributed by atoms with Crippen LogP contribution in [0.5, 0.6) is 6.01 Å². The van der Waals surface area contributed by atoms with Gasteiger partial charge in [0, 0.05) is 13.0 Å². The normalized spacial score (nSPS) is 18.2. The second-order valence-electron chi connectivity index (χ2n) is 2.97. The van der Waals surface area contributed by atoms with E-state index in [0.29, 0.717) is 11.8 Å². The smallest absolute Gasteiger partial charge is 0.315 e. The van der Waals surface area contributed by atoms with Gasteiger partial charge in [-0.2, -0.15) is 10.1 Å². The fourth-order valence-corrected chi connectivity index (χ4v) is 1.17. The Kier molecular flexibility index (Phi) is 1.73. The third-order valence-electron chi connectivity index (χ3n) is 1.81. The Labute approximate surface area is 70.5 Å². The van der Waals surface area contributed by atoms with Crippen LogP contribution in [0.1, 0.15) is 25.2 Å². The van der Waals surface area contributed by atoms with Crippen LogP contribution in [-0.4, -0.2) is 21.4 Å². The number of rotatable bonds is 1. The van der Waals surface area contributed by atoms with Crippen molar-refractivity contribution in [1.29, 1.82) is 0 Å². The minimum Gasteiger partial charge on any atom is -0.464 e. The molecular weight excluding hydrogens is 156 g/mol. The molecule has 66 valence electrons. The number of fused-ring (bicyclic) bond motifs is 1. The summed E-state index contributed by atoms with van der Waals surface area (Å²) in [6.45, 7) is 3.48. The maximum atomic E-state index is 5.63. The van der Waals surface area contributed by atoms with Gasteiger partial charge in [0.05, 0.1) is 12.6 Å².